The van der Waals surface area contributed by atoms with E-state index in [9.17, 15) is 4.79 Å². The Morgan fingerprint density at radius 1 is 1.00 bits per heavy atom. The highest BCUT2D eigenvalue weighted by molar-refractivity contribution is 5.87. The number of rotatable bonds is 9. The molecule has 28 heavy (non-hydrogen) atoms. The molecule has 7 heteroatoms. The first-order valence-electron chi connectivity index (χ1n) is 8.70. The smallest absolute Gasteiger partial charge is 0.335 e. The van der Waals surface area contributed by atoms with Gasteiger partial charge in [-0.1, -0.05) is 12.1 Å². The molecule has 2 aromatic carbocycles. The Morgan fingerprint density at radius 2 is 1.68 bits per heavy atom. The van der Waals surface area contributed by atoms with Crippen LogP contribution in [0.15, 0.2) is 55.0 Å². The fraction of sp³-hybridized carbons (Fsp3) is 0.238. The maximum Gasteiger partial charge on any atom is 0.335 e. The van der Waals surface area contributed by atoms with Crippen molar-refractivity contribution in [2.24, 2.45) is 0 Å². The van der Waals surface area contributed by atoms with Crippen LogP contribution in [-0.2, 0) is 24.5 Å². The molecule has 0 radical (unpaired) electrons. The highest BCUT2D eigenvalue weighted by Crippen LogP contribution is 2.23. The molecule has 0 fully saturated rings. The van der Waals surface area contributed by atoms with Crippen LogP contribution in [0.5, 0.6) is 11.5 Å². The minimum Gasteiger partial charge on any atom is -0.497 e. The van der Waals surface area contributed by atoms with Gasteiger partial charge in [0.15, 0.2) is 0 Å². The van der Waals surface area contributed by atoms with E-state index in [1.54, 1.807) is 44.8 Å². The van der Waals surface area contributed by atoms with Crippen LogP contribution in [-0.4, -0.2) is 34.8 Å². The summed E-state index contributed by atoms with van der Waals surface area (Å²) in [6.45, 7) is 1.40. The van der Waals surface area contributed by atoms with Crippen LogP contribution in [0, 0.1) is 0 Å². The summed E-state index contributed by atoms with van der Waals surface area (Å²) in [5, 5.41) is 8.95. The topological polar surface area (TPSA) is 82.8 Å². The van der Waals surface area contributed by atoms with Crippen molar-refractivity contribution in [2.45, 2.75) is 19.8 Å². The van der Waals surface area contributed by atoms with E-state index in [0.717, 1.165) is 28.3 Å². The van der Waals surface area contributed by atoms with E-state index in [1.165, 1.54) is 0 Å². The maximum absolute atomic E-state index is 10.9. The van der Waals surface area contributed by atoms with Crippen molar-refractivity contribution in [3.05, 3.63) is 77.4 Å². The van der Waals surface area contributed by atoms with E-state index in [0.29, 0.717) is 19.8 Å². The van der Waals surface area contributed by atoms with Crippen molar-refractivity contribution < 1.29 is 24.1 Å². The number of aromatic carboxylic acids is 1. The largest absolute Gasteiger partial charge is 0.497 e. The van der Waals surface area contributed by atoms with Gasteiger partial charge in [0, 0.05) is 18.8 Å². The summed E-state index contributed by atoms with van der Waals surface area (Å²) in [5.74, 6) is 0.509. The quantitative estimate of drug-likeness (QED) is 0.611. The SMILES string of the molecule is COc1cc(COCc2cn(Cc3ccc(C(=O)O)cc3)cn2)cc(OC)c1. The third-order valence-corrected chi connectivity index (χ3v) is 4.18. The van der Waals surface area contributed by atoms with E-state index in [4.69, 9.17) is 19.3 Å². The number of aromatic nitrogens is 2. The minimum atomic E-state index is -0.928. The highest BCUT2D eigenvalue weighted by atomic mass is 16.5. The maximum atomic E-state index is 10.9. The Hall–Kier alpha value is -3.32. The predicted molar refractivity (Wildman–Crippen MR) is 103 cm³/mol. The zero-order valence-corrected chi connectivity index (χ0v) is 15.8. The summed E-state index contributed by atoms with van der Waals surface area (Å²) in [6.07, 6.45) is 3.65. The molecule has 0 amide bonds. The van der Waals surface area contributed by atoms with Crippen LogP contribution in [0.3, 0.4) is 0 Å². The Kier molecular flexibility index (Phi) is 6.29. The molecule has 0 spiro atoms. The number of nitrogens with zero attached hydrogens (tertiary/aromatic N) is 2. The van der Waals surface area contributed by atoms with Gasteiger partial charge in [-0.3, -0.25) is 0 Å². The van der Waals surface area contributed by atoms with Gasteiger partial charge in [-0.25, -0.2) is 9.78 Å². The van der Waals surface area contributed by atoms with Gasteiger partial charge in [0.25, 0.3) is 0 Å². The molecule has 0 saturated heterocycles. The Bertz CT molecular complexity index is 912. The molecule has 7 nitrogen and oxygen atoms in total. The summed E-state index contributed by atoms with van der Waals surface area (Å²) in [4.78, 5) is 15.3. The van der Waals surface area contributed by atoms with E-state index in [-0.39, 0.29) is 5.56 Å². The second kappa shape index (κ2) is 9.05. The molecule has 0 aliphatic rings. The lowest BCUT2D eigenvalue weighted by Gasteiger charge is -2.08. The number of carboxylic acid groups (broad SMARTS) is 1. The number of carbonyl (C=O) groups is 1. The Balaban J connectivity index is 1.54. The molecule has 0 saturated carbocycles. The summed E-state index contributed by atoms with van der Waals surface area (Å²) in [7, 11) is 3.22. The summed E-state index contributed by atoms with van der Waals surface area (Å²) in [6, 6.07) is 12.4. The Morgan fingerprint density at radius 3 is 2.29 bits per heavy atom. The van der Waals surface area contributed by atoms with Crippen LogP contribution in [0.4, 0.5) is 0 Å². The van der Waals surface area contributed by atoms with Gasteiger partial charge < -0.3 is 23.9 Å². The van der Waals surface area contributed by atoms with Crippen molar-refractivity contribution in [3.63, 3.8) is 0 Å². The van der Waals surface area contributed by atoms with Crippen LogP contribution >= 0.6 is 0 Å². The number of imidazole rings is 1. The number of ether oxygens (including phenoxy) is 3. The van der Waals surface area contributed by atoms with Gasteiger partial charge in [-0.2, -0.15) is 0 Å². The third-order valence-electron chi connectivity index (χ3n) is 4.18. The molecule has 1 aromatic heterocycles. The first-order chi connectivity index (χ1) is 13.6. The predicted octanol–water partition coefficient (Wildman–Crippen LogP) is 3.36. The van der Waals surface area contributed by atoms with Crippen molar-refractivity contribution in [3.8, 4) is 11.5 Å². The van der Waals surface area contributed by atoms with Crippen LogP contribution in [0.25, 0.3) is 0 Å². The normalized spacial score (nSPS) is 10.6. The molecule has 3 rings (SSSR count). The van der Waals surface area contributed by atoms with E-state index >= 15 is 0 Å². The molecule has 146 valence electrons. The van der Waals surface area contributed by atoms with Gasteiger partial charge >= 0.3 is 5.97 Å². The second-order valence-electron chi connectivity index (χ2n) is 6.25. The first kappa shape index (κ1) is 19.4. The zero-order chi connectivity index (χ0) is 19.9. The molecule has 0 aliphatic heterocycles. The lowest BCUT2D eigenvalue weighted by molar-refractivity contribution is 0.0697. The van der Waals surface area contributed by atoms with Gasteiger partial charge in [0.2, 0.25) is 0 Å². The molecule has 0 unspecified atom stereocenters. The molecule has 0 aliphatic carbocycles. The monoisotopic (exact) mass is 382 g/mol. The standard InChI is InChI=1S/C21H22N2O5/c1-26-19-7-16(8-20(9-19)27-2)12-28-13-18-11-23(14-22-18)10-15-3-5-17(6-4-15)21(24)25/h3-9,11,14H,10,12-13H2,1-2H3,(H,24,25). The number of hydrogen-bond acceptors (Lipinski definition) is 5. The van der Waals surface area contributed by atoms with Crippen molar-refractivity contribution in [1.82, 2.24) is 9.55 Å². The van der Waals surface area contributed by atoms with Crippen molar-refractivity contribution in [1.29, 1.82) is 0 Å². The van der Waals surface area contributed by atoms with Gasteiger partial charge in [0.1, 0.15) is 11.5 Å². The molecule has 3 aromatic rings. The molecule has 1 heterocycles. The van der Waals surface area contributed by atoms with E-state index < -0.39 is 5.97 Å². The molecule has 0 bridgehead atoms. The number of hydrogen-bond donors (Lipinski definition) is 1. The van der Waals surface area contributed by atoms with Crippen LogP contribution in [0.2, 0.25) is 0 Å². The lowest BCUT2D eigenvalue weighted by Crippen LogP contribution is -1.99. The fourth-order valence-electron chi connectivity index (χ4n) is 2.75. The summed E-state index contributed by atoms with van der Waals surface area (Å²) >= 11 is 0. The minimum absolute atomic E-state index is 0.276. The van der Waals surface area contributed by atoms with E-state index in [2.05, 4.69) is 4.98 Å². The van der Waals surface area contributed by atoms with Crippen molar-refractivity contribution >= 4 is 5.97 Å². The molecule has 1 N–H and O–H groups in total. The van der Waals surface area contributed by atoms with Gasteiger partial charge in [-0.15, -0.1) is 0 Å². The average molecular weight is 382 g/mol. The fourth-order valence-corrected chi connectivity index (χ4v) is 2.75. The van der Waals surface area contributed by atoms with Gasteiger partial charge in [-0.05, 0) is 35.4 Å². The lowest BCUT2D eigenvalue weighted by atomic mass is 10.1. The average Bonchev–Trinajstić information content (AvgIpc) is 3.15. The van der Waals surface area contributed by atoms with Crippen LogP contribution < -0.4 is 9.47 Å². The van der Waals surface area contributed by atoms with Crippen LogP contribution in [0.1, 0.15) is 27.2 Å². The third kappa shape index (κ3) is 5.11. The first-order valence-corrected chi connectivity index (χ1v) is 8.70. The molecule has 0 atom stereocenters. The number of carboxylic acids is 1. The molecular weight excluding hydrogens is 360 g/mol. The van der Waals surface area contributed by atoms with E-state index in [1.807, 2.05) is 29.0 Å². The Labute approximate surface area is 163 Å². The van der Waals surface area contributed by atoms with Crippen molar-refractivity contribution in [2.75, 3.05) is 14.2 Å². The van der Waals surface area contributed by atoms with Gasteiger partial charge in [0.05, 0.1) is 45.0 Å². The number of benzene rings is 2. The summed E-state index contributed by atoms with van der Waals surface area (Å²) < 4.78 is 18.2. The second-order valence-corrected chi connectivity index (χ2v) is 6.25. The summed E-state index contributed by atoms with van der Waals surface area (Å²) in [5.41, 5.74) is 3.04. The zero-order valence-electron chi connectivity index (χ0n) is 15.8. The highest BCUT2D eigenvalue weighted by Gasteiger charge is 2.05. The number of methoxy groups -OCH3 is 2. The molecular formula is C21H22N2O5.